The molecule has 0 spiro atoms. The van der Waals surface area contributed by atoms with Crippen LogP contribution in [0.4, 0.5) is 0 Å². The Labute approximate surface area is 125 Å². The molecule has 3 atom stereocenters. The van der Waals surface area contributed by atoms with Crippen LogP contribution in [0.1, 0.15) is 44.7 Å². The van der Waals surface area contributed by atoms with E-state index >= 15 is 0 Å². The first-order valence-electron chi connectivity index (χ1n) is 7.82. The molecule has 1 saturated heterocycles. The molecular formula is C17H23NO3. The Balaban J connectivity index is 2.04. The van der Waals surface area contributed by atoms with Crippen molar-refractivity contribution in [1.29, 1.82) is 0 Å². The van der Waals surface area contributed by atoms with Crippen molar-refractivity contribution in [2.24, 2.45) is 5.92 Å². The molecule has 3 unspecified atom stereocenters. The van der Waals surface area contributed by atoms with Crippen molar-refractivity contribution in [3.8, 4) is 5.75 Å². The minimum atomic E-state index is -0.719. The van der Waals surface area contributed by atoms with Crippen LogP contribution in [-0.4, -0.2) is 34.7 Å². The van der Waals surface area contributed by atoms with Crippen LogP contribution in [0, 0.1) is 5.92 Å². The molecule has 1 aromatic rings. The molecule has 2 aliphatic rings. The van der Waals surface area contributed by atoms with Crippen molar-refractivity contribution < 1.29 is 14.6 Å². The van der Waals surface area contributed by atoms with Gasteiger partial charge in [-0.2, -0.15) is 0 Å². The van der Waals surface area contributed by atoms with Crippen molar-refractivity contribution in [1.82, 2.24) is 4.90 Å². The number of benzene rings is 1. The van der Waals surface area contributed by atoms with E-state index in [1.165, 1.54) is 0 Å². The molecule has 0 amide bonds. The zero-order valence-corrected chi connectivity index (χ0v) is 12.7. The largest absolute Gasteiger partial charge is 0.493 e. The fraction of sp³-hybridized carbons (Fsp3) is 0.588. The molecule has 21 heavy (non-hydrogen) atoms. The highest BCUT2D eigenvalue weighted by Gasteiger charge is 2.51. The average molecular weight is 289 g/mol. The van der Waals surface area contributed by atoms with E-state index in [0.717, 1.165) is 30.7 Å². The predicted octanol–water partition coefficient (Wildman–Crippen LogP) is 3.09. The maximum Gasteiger partial charge on any atom is 0.324 e. The van der Waals surface area contributed by atoms with Crippen LogP contribution < -0.4 is 4.74 Å². The fourth-order valence-electron chi connectivity index (χ4n) is 4.02. The van der Waals surface area contributed by atoms with Crippen LogP contribution in [0.3, 0.4) is 0 Å². The number of hydrogen-bond acceptors (Lipinski definition) is 3. The number of fused-ring (bicyclic) bond motifs is 1. The van der Waals surface area contributed by atoms with Crippen molar-refractivity contribution in [3.63, 3.8) is 0 Å². The van der Waals surface area contributed by atoms with E-state index in [9.17, 15) is 9.90 Å². The summed E-state index contributed by atoms with van der Waals surface area (Å²) in [5.41, 5.74) is 0.417. The first-order valence-corrected chi connectivity index (χ1v) is 7.82. The summed E-state index contributed by atoms with van der Waals surface area (Å²) in [6.07, 6.45) is 2.34. The van der Waals surface area contributed by atoms with Gasteiger partial charge in [-0.15, -0.1) is 0 Å². The summed E-state index contributed by atoms with van der Waals surface area (Å²) in [5.74, 6) is 0.518. The van der Waals surface area contributed by atoms with Crippen LogP contribution >= 0.6 is 0 Å². The Morgan fingerprint density at radius 1 is 1.48 bits per heavy atom. The second-order valence-corrected chi connectivity index (χ2v) is 6.26. The monoisotopic (exact) mass is 289 g/mol. The molecule has 4 heteroatoms. The van der Waals surface area contributed by atoms with Crippen molar-refractivity contribution in [2.75, 3.05) is 13.2 Å². The van der Waals surface area contributed by atoms with Gasteiger partial charge in [-0.25, -0.2) is 0 Å². The SMILES string of the molecule is CCC1(C(=O)O)CCCN1C1c2ccccc2OCC1C. The first-order chi connectivity index (χ1) is 10.1. The lowest BCUT2D eigenvalue weighted by Gasteiger charge is -2.44. The lowest BCUT2D eigenvalue weighted by atomic mass is 9.85. The van der Waals surface area contributed by atoms with E-state index in [4.69, 9.17) is 4.74 Å². The molecule has 4 nitrogen and oxygen atoms in total. The number of likely N-dealkylation sites (tertiary alicyclic amines) is 1. The maximum absolute atomic E-state index is 12.0. The van der Waals surface area contributed by atoms with Gasteiger partial charge in [-0.05, 0) is 31.9 Å². The second kappa shape index (κ2) is 5.34. The Morgan fingerprint density at radius 3 is 2.95 bits per heavy atom. The Kier molecular flexibility index (Phi) is 3.66. The van der Waals surface area contributed by atoms with Crippen molar-refractivity contribution >= 4 is 5.97 Å². The van der Waals surface area contributed by atoms with E-state index in [-0.39, 0.29) is 6.04 Å². The van der Waals surface area contributed by atoms with Crippen LogP contribution in [0.2, 0.25) is 0 Å². The molecule has 1 fully saturated rings. The first kappa shape index (κ1) is 14.4. The van der Waals surface area contributed by atoms with Gasteiger partial charge < -0.3 is 9.84 Å². The lowest BCUT2D eigenvalue weighted by molar-refractivity contribution is -0.153. The number of nitrogens with zero attached hydrogens (tertiary/aromatic N) is 1. The van der Waals surface area contributed by atoms with Crippen LogP contribution in [0.25, 0.3) is 0 Å². The highest BCUT2D eigenvalue weighted by atomic mass is 16.5. The van der Waals surface area contributed by atoms with Crippen molar-refractivity contribution in [3.05, 3.63) is 29.8 Å². The van der Waals surface area contributed by atoms with Crippen LogP contribution in [-0.2, 0) is 4.79 Å². The van der Waals surface area contributed by atoms with Crippen LogP contribution in [0.15, 0.2) is 24.3 Å². The number of carboxylic acids is 1. The van der Waals surface area contributed by atoms with E-state index in [1.54, 1.807) is 0 Å². The van der Waals surface area contributed by atoms with Gasteiger partial charge in [0.15, 0.2) is 0 Å². The topological polar surface area (TPSA) is 49.8 Å². The van der Waals surface area contributed by atoms with E-state index < -0.39 is 11.5 Å². The van der Waals surface area contributed by atoms with E-state index in [1.807, 2.05) is 25.1 Å². The molecule has 0 bridgehead atoms. The van der Waals surface area contributed by atoms with Gasteiger partial charge >= 0.3 is 5.97 Å². The molecule has 1 aromatic carbocycles. The zero-order chi connectivity index (χ0) is 15.0. The summed E-state index contributed by atoms with van der Waals surface area (Å²) in [6, 6.07) is 8.18. The Hall–Kier alpha value is -1.55. The van der Waals surface area contributed by atoms with Gasteiger partial charge in [0, 0.05) is 17.5 Å². The van der Waals surface area contributed by atoms with Gasteiger partial charge in [0.1, 0.15) is 11.3 Å². The Morgan fingerprint density at radius 2 is 2.24 bits per heavy atom. The van der Waals surface area contributed by atoms with Crippen molar-refractivity contribution in [2.45, 2.75) is 44.7 Å². The summed E-state index contributed by atoms with van der Waals surface area (Å²) >= 11 is 0. The molecule has 114 valence electrons. The standard InChI is InChI=1S/C17H23NO3/c1-3-17(16(19)20)9-6-10-18(17)15-12(2)11-21-14-8-5-4-7-13(14)15/h4-5,7-8,12,15H,3,6,9-11H2,1-2H3,(H,19,20). The highest BCUT2D eigenvalue weighted by molar-refractivity contribution is 5.79. The minimum absolute atomic E-state index is 0.133. The predicted molar refractivity (Wildman–Crippen MR) is 80.4 cm³/mol. The molecule has 0 saturated carbocycles. The molecule has 2 aliphatic heterocycles. The smallest absolute Gasteiger partial charge is 0.324 e. The van der Waals surface area contributed by atoms with Gasteiger partial charge in [0.05, 0.1) is 6.61 Å². The minimum Gasteiger partial charge on any atom is -0.493 e. The summed E-state index contributed by atoms with van der Waals surface area (Å²) in [6.45, 7) is 5.64. The number of carboxylic acid groups (broad SMARTS) is 1. The molecule has 3 rings (SSSR count). The average Bonchev–Trinajstić information content (AvgIpc) is 2.92. The molecule has 0 aliphatic carbocycles. The number of rotatable bonds is 3. The number of carbonyl (C=O) groups is 1. The van der Waals surface area contributed by atoms with Gasteiger partial charge in [-0.3, -0.25) is 9.69 Å². The third-order valence-corrected chi connectivity index (χ3v) is 5.14. The van der Waals surface area contributed by atoms with E-state index in [2.05, 4.69) is 17.9 Å². The van der Waals surface area contributed by atoms with E-state index in [0.29, 0.717) is 18.9 Å². The highest BCUT2D eigenvalue weighted by Crippen LogP contribution is 2.46. The normalized spacial score (nSPS) is 32.5. The number of ether oxygens (including phenoxy) is 1. The fourth-order valence-corrected chi connectivity index (χ4v) is 4.02. The van der Waals surface area contributed by atoms with Gasteiger partial charge in [0.2, 0.25) is 0 Å². The number of para-hydroxylation sites is 1. The molecule has 0 aromatic heterocycles. The van der Waals surface area contributed by atoms with Crippen LogP contribution in [0.5, 0.6) is 5.75 Å². The second-order valence-electron chi connectivity index (χ2n) is 6.26. The quantitative estimate of drug-likeness (QED) is 0.929. The zero-order valence-electron chi connectivity index (χ0n) is 12.7. The summed E-state index contributed by atoms with van der Waals surface area (Å²) < 4.78 is 5.81. The van der Waals surface area contributed by atoms with Gasteiger partial charge in [-0.1, -0.05) is 32.0 Å². The molecular weight excluding hydrogens is 266 g/mol. The molecule has 1 N–H and O–H groups in total. The summed E-state index contributed by atoms with van der Waals surface area (Å²) in [4.78, 5) is 14.2. The third-order valence-electron chi connectivity index (χ3n) is 5.14. The van der Waals surface area contributed by atoms with Gasteiger partial charge in [0.25, 0.3) is 0 Å². The molecule has 0 radical (unpaired) electrons. The number of hydrogen-bond donors (Lipinski definition) is 1. The maximum atomic E-state index is 12.0. The summed E-state index contributed by atoms with van der Waals surface area (Å²) in [7, 11) is 0. The third kappa shape index (κ3) is 2.13. The lowest BCUT2D eigenvalue weighted by Crippen LogP contribution is -2.53. The summed E-state index contributed by atoms with van der Waals surface area (Å²) in [5, 5.41) is 9.83. The molecule has 2 heterocycles. The number of aliphatic carboxylic acids is 1. The Bertz CT molecular complexity index is 545.